The smallest absolute Gasteiger partial charge is 0.0814 e. The van der Waals surface area contributed by atoms with Crippen LogP contribution in [0.5, 0.6) is 0 Å². The molecule has 0 aliphatic carbocycles. The van der Waals surface area contributed by atoms with E-state index in [-0.39, 0.29) is 0 Å². The standard InChI is InChI=1S/C14H22O3/c1-11-5-4-6-12(2)14(11)9-13(15)10-17-8-7-16-3/h4-6,13,15H,7-10H2,1-3H3. The first-order chi connectivity index (χ1) is 8.15. The van der Waals surface area contributed by atoms with Crippen LogP contribution in [-0.2, 0) is 15.9 Å². The van der Waals surface area contributed by atoms with E-state index in [1.807, 2.05) is 6.07 Å². The van der Waals surface area contributed by atoms with E-state index < -0.39 is 6.10 Å². The molecule has 0 bridgehead atoms. The average Bonchev–Trinajstić information content (AvgIpc) is 2.30. The molecule has 1 N–H and O–H groups in total. The lowest BCUT2D eigenvalue weighted by Gasteiger charge is -2.15. The van der Waals surface area contributed by atoms with Crippen LogP contribution in [0.25, 0.3) is 0 Å². The highest BCUT2D eigenvalue weighted by atomic mass is 16.5. The predicted octanol–water partition coefficient (Wildman–Crippen LogP) is 1.87. The lowest BCUT2D eigenvalue weighted by Crippen LogP contribution is -2.20. The molecular weight excluding hydrogens is 216 g/mol. The topological polar surface area (TPSA) is 38.7 Å². The molecule has 0 aromatic heterocycles. The van der Waals surface area contributed by atoms with Gasteiger partial charge in [-0.1, -0.05) is 18.2 Å². The Morgan fingerprint density at radius 2 is 1.82 bits per heavy atom. The van der Waals surface area contributed by atoms with Crippen molar-refractivity contribution in [3.05, 3.63) is 34.9 Å². The number of aryl methyl sites for hydroxylation is 2. The summed E-state index contributed by atoms with van der Waals surface area (Å²) in [5.74, 6) is 0. The number of hydrogen-bond donors (Lipinski definition) is 1. The first-order valence-corrected chi connectivity index (χ1v) is 5.95. The van der Waals surface area contributed by atoms with Crippen LogP contribution in [0.2, 0.25) is 0 Å². The van der Waals surface area contributed by atoms with Crippen LogP contribution in [0, 0.1) is 13.8 Å². The Bertz CT molecular complexity index is 316. The molecule has 1 aromatic rings. The number of hydrogen-bond acceptors (Lipinski definition) is 3. The minimum atomic E-state index is -0.452. The molecule has 3 heteroatoms. The molecule has 0 aliphatic rings. The lowest BCUT2D eigenvalue weighted by molar-refractivity contribution is 0.0136. The largest absolute Gasteiger partial charge is 0.390 e. The van der Waals surface area contributed by atoms with Crippen molar-refractivity contribution in [3.8, 4) is 0 Å². The molecule has 0 saturated heterocycles. The zero-order valence-corrected chi connectivity index (χ0v) is 10.9. The number of aliphatic hydroxyl groups excluding tert-OH is 1. The summed E-state index contributed by atoms with van der Waals surface area (Å²) < 4.78 is 10.2. The molecule has 1 aromatic carbocycles. The fourth-order valence-corrected chi connectivity index (χ4v) is 1.83. The first-order valence-electron chi connectivity index (χ1n) is 5.95. The predicted molar refractivity (Wildman–Crippen MR) is 68.3 cm³/mol. The highest BCUT2D eigenvalue weighted by Crippen LogP contribution is 2.15. The van der Waals surface area contributed by atoms with E-state index in [0.29, 0.717) is 26.2 Å². The fraction of sp³-hybridized carbons (Fsp3) is 0.571. The summed E-state index contributed by atoms with van der Waals surface area (Å²) in [4.78, 5) is 0. The molecule has 1 unspecified atom stereocenters. The molecule has 0 radical (unpaired) electrons. The number of ether oxygens (including phenoxy) is 2. The number of benzene rings is 1. The molecule has 1 rings (SSSR count). The molecule has 0 fully saturated rings. The first kappa shape index (κ1) is 14.2. The van der Waals surface area contributed by atoms with Crippen LogP contribution >= 0.6 is 0 Å². The zero-order valence-electron chi connectivity index (χ0n) is 10.9. The van der Waals surface area contributed by atoms with E-state index in [2.05, 4.69) is 26.0 Å². The Morgan fingerprint density at radius 3 is 2.41 bits per heavy atom. The van der Waals surface area contributed by atoms with Crippen molar-refractivity contribution in [2.75, 3.05) is 26.9 Å². The van der Waals surface area contributed by atoms with Crippen LogP contribution in [-0.4, -0.2) is 38.1 Å². The molecule has 0 saturated carbocycles. The summed E-state index contributed by atoms with van der Waals surface area (Å²) in [5.41, 5.74) is 3.66. The Morgan fingerprint density at radius 1 is 1.18 bits per heavy atom. The van der Waals surface area contributed by atoms with E-state index >= 15 is 0 Å². The van der Waals surface area contributed by atoms with Gasteiger partial charge in [0.2, 0.25) is 0 Å². The van der Waals surface area contributed by atoms with Gasteiger partial charge in [-0.3, -0.25) is 0 Å². The molecule has 0 aliphatic heterocycles. The third-order valence-electron chi connectivity index (χ3n) is 2.83. The SMILES string of the molecule is COCCOCC(O)Cc1c(C)cccc1C. The van der Waals surface area contributed by atoms with Crippen molar-refractivity contribution in [1.82, 2.24) is 0 Å². The third-order valence-corrected chi connectivity index (χ3v) is 2.83. The summed E-state index contributed by atoms with van der Waals surface area (Å²) in [5, 5.41) is 9.89. The second kappa shape index (κ2) is 7.43. The van der Waals surface area contributed by atoms with Gasteiger partial charge in [-0.25, -0.2) is 0 Å². The van der Waals surface area contributed by atoms with Gasteiger partial charge in [0.25, 0.3) is 0 Å². The van der Waals surface area contributed by atoms with Gasteiger partial charge in [-0.15, -0.1) is 0 Å². The second-order valence-electron chi connectivity index (χ2n) is 4.30. The van der Waals surface area contributed by atoms with Crippen LogP contribution in [0.15, 0.2) is 18.2 Å². The fourth-order valence-electron chi connectivity index (χ4n) is 1.83. The van der Waals surface area contributed by atoms with Crippen molar-refractivity contribution >= 4 is 0 Å². The molecule has 0 heterocycles. The van der Waals surface area contributed by atoms with E-state index in [4.69, 9.17) is 9.47 Å². The zero-order chi connectivity index (χ0) is 12.7. The van der Waals surface area contributed by atoms with Crippen molar-refractivity contribution in [3.63, 3.8) is 0 Å². The minimum Gasteiger partial charge on any atom is -0.390 e. The van der Waals surface area contributed by atoms with Gasteiger partial charge in [0.15, 0.2) is 0 Å². The Labute approximate surface area is 103 Å². The van der Waals surface area contributed by atoms with Crippen LogP contribution < -0.4 is 0 Å². The molecular formula is C14H22O3. The van der Waals surface area contributed by atoms with Crippen molar-refractivity contribution in [1.29, 1.82) is 0 Å². The Balaban J connectivity index is 2.42. The summed E-state index contributed by atoms with van der Waals surface area (Å²) in [6.45, 7) is 5.59. The highest BCUT2D eigenvalue weighted by molar-refractivity contribution is 5.33. The number of rotatable bonds is 7. The van der Waals surface area contributed by atoms with E-state index in [1.54, 1.807) is 7.11 Å². The van der Waals surface area contributed by atoms with E-state index in [1.165, 1.54) is 16.7 Å². The second-order valence-corrected chi connectivity index (χ2v) is 4.30. The Hall–Kier alpha value is -0.900. The van der Waals surface area contributed by atoms with E-state index in [9.17, 15) is 5.11 Å². The summed E-state index contributed by atoms with van der Waals surface area (Å²) in [7, 11) is 1.64. The maximum absolute atomic E-state index is 9.89. The van der Waals surface area contributed by atoms with Crippen molar-refractivity contribution in [2.45, 2.75) is 26.4 Å². The van der Waals surface area contributed by atoms with Crippen LogP contribution in [0.4, 0.5) is 0 Å². The van der Waals surface area contributed by atoms with Crippen molar-refractivity contribution < 1.29 is 14.6 Å². The van der Waals surface area contributed by atoms with Gasteiger partial charge in [0.05, 0.1) is 25.9 Å². The summed E-state index contributed by atoms with van der Waals surface area (Å²) >= 11 is 0. The molecule has 96 valence electrons. The summed E-state index contributed by atoms with van der Waals surface area (Å²) in [6.07, 6.45) is 0.192. The van der Waals surface area contributed by atoms with Gasteiger partial charge in [-0.05, 0) is 30.5 Å². The van der Waals surface area contributed by atoms with Gasteiger partial charge in [0.1, 0.15) is 0 Å². The van der Waals surface area contributed by atoms with Gasteiger partial charge in [0, 0.05) is 13.5 Å². The third kappa shape index (κ3) is 4.86. The molecule has 3 nitrogen and oxygen atoms in total. The maximum atomic E-state index is 9.89. The van der Waals surface area contributed by atoms with Gasteiger partial charge in [-0.2, -0.15) is 0 Å². The lowest BCUT2D eigenvalue weighted by atomic mass is 9.98. The average molecular weight is 238 g/mol. The quantitative estimate of drug-likeness (QED) is 0.737. The van der Waals surface area contributed by atoms with E-state index in [0.717, 1.165) is 0 Å². The summed E-state index contributed by atoms with van der Waals surface area (Å²) in [6, 6.07) is 6.18. The minimum absolute atomic E-state index is 0.358. The molecule has 17 heavy (non-hydrogen) atoms. The molecule has 1 atom stereocenters. The monoisotopic (exact) mass is 238 g/mol. The van der Waals surface area contributed by atoms with Crippen LogP contribution in [0.1, 0.15) is 16.7 Å². The van der Waals surface area contributed by atoms with Crippen molar-refractivity contribution in [2.24, 2.45) is 0 Å². The normalized spacial score (nSPS) is 12.7. The molecule has 0 spiro atoms. The number of methoxy groups -OCH3 is 1. The molecule has 0 amide bonds. The highest BCUT2D eigenvalue weighted by Gasteiger charge is 2.09. The van der Waals surface area contributed by atoms with Gasteiger partial charge < -0.3 is 14.6 Å². The number of aliphatic hydroxyl groups is 1. The van der Waals surface area contributed by atoms with Gasteiger partial charge >= 0.3 is 0 Å². The van der Waals surface area contributed by atoms with Crippen LogP contribution in [0.3, 0.4) is 0 Å². The maximum Gasteiger partial charge on any atom is 0.0814 e. The Kier molecular flexibility index (Phi) is 6.19.